The van der Waals surface area contributed by atoms with Crippen molar-refractivity contribution in [2.24, 2.45) is 0 Å². The molecular weight excluding hydrogens is 426 g/mol. The molecule has 2 aromatic carbocycles. The van der Waals surface area contributed by atoms with Gasteiger partial charge in [0.2, 0.25) is 5.95 Å². The van der Waals surface area contributed by atoms with Crippen LogP contribution in [0.1, 0.15) is 5.56 Å². The van der Waals surface area contributed by atoms with Gasteiger partial charge < -0.3 is 15.4 Å². The van der Waals surface area contributed by atoms with E-state index >= 15 is 0 Å². The van der Waals surface area contributed by atoms with Crippen molar-refractivity contribution in [3.05, 3.63) is 71.3 Å². The molecule has 32 heavy (non-hydrogen) atoms. The second-order valence-electron chi connectivity index (χ2n) is 7.06. The average molecular weight is 448 g/mol. The SMILES string of the molecule is CN(CCOc1ccc(C=C2SC(=O)NC2=O)cc1)c1nccc(-c2ccc(N)cc2)n1. The minimum atomic E-state index is -0.369. The van der Waals surface area contributed by atoms with Crippen LogP contribution in [0.2, 0.25) is 0 Å². The monoisotopic (exact) mass is 447 g/mol. The van der Waals surface area contributed by atoms with Crippen LogP contribution in [0.25, 0.3) is 17.3 Å². The van der Waals surface area contributed by atoms with Gasteiger partial charge in [-0.2, -0.15) is 0 Å². The number of benzene rings is 2. The van der Waals surface area contributed by atoms with E-state index in [1.54, 1.807) is 12.3 Å². The molecule has 0 atom stereocenters. The predicted octanol–water partition coefficient (Wildman–Crippen LogP) is 3.56. The molecule has 0 aliphatic carbocycles. The number of nitrogens with zero attached hydrogens (tertiary/aromatic N) is 3. The summed E-state index contributed by atoms with van der Waals surface area (Å²) in [4.78, 5) is 34.1. The zero-order valence-electron chi connectivity index (χ0n) is 17.3. The third kappa shape index (κ3) is 5.25. The van der Waals surface area contributed by atoms with Crippen LogP contribution in [0.15, 0.2) is 65.7 Å². The molecule has 9 heteroatoms. The lowest BCUT2D eigenvalue weighted by Crippen LogP contribution is -2.25. The molecule has 0 spiro atoms. The molecule has 1 aliphatic rings. The van der Waals surface area contributed by atoms with Crippen molar-refractivity contribution in [1.82, 2.24) is 15.3 Å². The van der Waals surface area contributed by atoms with E-state index in [9.17, 15) is 9.59 Å². The zero-order chi connectivity index (χ0) is 22.5. The molecule has 1 saturated heterocycles. The van der Waals surface area contributed by atoms with Crippen molar-refractivity contribution in [2.75, 3.05) is 30.8 Å². The van der Waals surface area contributed by atoms with Crippen LogP contribution in [0.4, 0.5) is 16.4 Å². The smallest absolute Gasteiger partial charge is 0.290 e. The van der Waals surface area contributed by atoms with Crippen molar-refractivity contribution in [2.45, 2.75) is 0 Å². The van der Waals surface area contributed by atoms with Gasteiger partial charge in [-0.05, 0) is 53.7 Å². The van der Waals surface area contributed by atoms with Crippen molar-refractivity contribution in [1.29, 1.82) is 0 Å². The van der Waals surface area contributed by atoms with Gasteiger partial charge in [0.05, 0.1) is 17.1 Å². The van der Waals surface area contributed by atoms with Gasteiger partial charge in [-0.3, -0.25) is 14.9 Å². The van der Waals surface area contributed by atoms with E-state index in [0.717, 1.165) is 28.6 Å². The normalized spacial score (nSPS) is 14.5. The third-order valence-corrected chi connectivity index (χ3v) is 5.52. The summed E-state index contributed by atoms with van der Waals surface area (Å²) in [5.74, 6) is 0.939. The molecule has 162 valence electrons. The number of carbonyl (C=O) groups excluding carboxylic acids is 2. The predicted molar refractivity (Wildman–Crippen MR) is 126 cm³/mol. The van der Waals surface area contributed by atoms with Gasteiger partial charge >= 0.3 is 0 Å². The first-order valence-corrected chi connectivity index (χ1v) is 10.7. The Morgan fingerprint density at radius 3 is 2.53 bits per heavy atom. The highest BCUT2D eigenvalue weighted by atomic mass is 32.2. The maximum atomic E-state index is 11.6. The van der Waals surface area contributed by atoms with Gasteiger partial charge in [-0.1, -0.05) is 24.3 Å². The average Bonchev–Trinajstić information content (AvgIpc) is 3.12. The summed E-state index contributed by atoms with van der Waals surface area (Å²) in [6.45, 7) is 1.04. The molecule has 0 unspecified atom stereocenters. The van der Waals surface area contributed by atoms with Crippen LogP contribution in [-0.2, 0) is 4.79 Å². The summed E-state index contributed by atoms with van der Waals surface area (Å²) in [5.41, 5.74) is 9.07. The number of nitrogens with one attached hydrogen (secondary N) is 1. The molecule has 0 bridgehead atoms. The fourth-order valence-electron chi connectivity index (χ4n) is 2.98. The van der Waals surface area contributed by atoms with E-state index in [4.69, 9.17) is 10.5 Å². The van der Waals surface area contributed by atoms with Crippen molar-refractivity contribution < 1.29 is 14.3 Å². The molecule has 1 aromatic heterocycles. The van der Waals surface area contributed by atoms with Crippen molar-refractivity contribution in [3.8, 4) is 17.0 Å². The maximum absolute atomic E-state index is 11.6. The summed E-state index contributed by atoms with van der Waals surface area (Å²) < 4.78 is 5.82. The number of rotatable bonds is 7. The van der Waals surface area contributed by atoms with Gasteiger partial charge in [-0.25, -0.2) is 9.97 Å². The Bertz CT molecular complexity index is 1160. The molecule has 0 saturated carbocycles. The van der Waals surface area contributed by atoms with Gasteiger partial charge in [0.25, 0.3) is 11.1 Å². The Morgan fingerprint density at radius 2 is 1.84 bits per heavy atom. The van der Waals surface area contributed by atoms with Crippen molar-refractivity contribution in [3.63, 3.8) is 0 Å². The fourth-order valence-corrected chi connectivity index (χ4v) is 3.66. The first-order chi connectivity index (χ1) is 15.5. The molecule has 8 nitrogen and oxygen atoms in total. The van der Waals surface area contributed by atoms with Crippen LogP contribution in [0.5, 0.6) is 5.75 Å². The number of imide groups is 1. The lowest BCUT2D eigenvalue weighted by atomic mass is 10.1. The second kappa shape index (κ2) is 9.52. The minimum absolute atomic E-state index is 0.353. The Hall–Kier alpha value is -3.85. The number of ether oxygens (including phenoxy) is 1. The molecule has 1 aliphatic heterocycles. The molecule has 3 N–H and O–H groups in total. The number of nitrogens with two attached hydrogens (primary N) is 1. The van der Waals surface area contributed by atoms with E-state index < -0.39 is 0 Å². The number of aromatic nitrogens is 2. The minimum Gasteiger partial charge on any atom is -0.492 e. The molecule has 2 amide bonds. The standard InChI is InChI=1S/C23H21N5O3S/c1-28(22-25-11-10-19(26-22)16-4-6-17(24)7-5-16)12-13-31-18-8-2-15(3-9-18)14-20-21(29)27-23(30)32-20/h2-11,14H,12-13,24H2,1H3,(H,27,29,30). The summed E-state index contributed by atoms with van der Waals surface area (Å²) in [6.07, 6.45) is 3.41. The number of hydrogen-bond acceptors (Lipinski definition) is 8. The highest BCUT2D eigenvalue weighted by Gasteiger charge is 2.24. The van der Waals surface area contributed by atoms with Gasteiger partial charge in [0.15, 0.2) is 0 Å². The summed E-state index contributed by atoms with van der Waals surface area (Å²) >= 11 is 0.895. The largest absolute Gasteiger partial charge is 0.492 e. The molecule has 1 fully saturated rings. The zero-order valence-corrected chi connectivity index (χ0v) is 18.1. The quantitative estimate of drug-likeness (QED) is 0.418. The van der Waals surface area contributed by atoms with Crippen LogP contribution in [0, 0.1) is 0 Å². The molecule has 3 aromatic rings. The van der Waals surface area contributed by atoms with Gasteiger partial charge in [0.1, 0.15) is 12.4 Å². The highest BCUT2D eigenvalue weighted by molar-refractivity contribution is 8.18. The number of amides is 2. The Labute approximate surface area is 189 Å². The summed E-state index contributed by atoms with van der Waals surface area (Å²) in [6, 6.07) is 16.7. The first kappa shape index (κ1) is 21.4. The van der Waals surface area contributed by atoms with Gasteiger partial charge in [0, 0.05) is 24.5 Å². The Kier molecular flexibility index (Phi) is 6.37. The highest BCUT2D eigenvalue weighted by Crippen LogP contribution is 2.26. The topological polar surface area (TPSA) is 110 Å². The van der Waals surface area contributed by atoms with E-state index in [1.807, 2.05) is 66.5 Å². The number of carbonyl (C=O) groups is 2. The van der Waals surface area contributed by atoms with Crippen LogP contribution < -0.4 is 20.7 Å². The number of hydrogen-bond donors (Lipinski definition) is 2. The fraction of sp³-hybridized carbons (Fsp3) is 0.130. The second-order valence-corrected chi connectivity index (χ2v) is 8.07. The van der Waals surface area contributed by atoms with E-state index in [-0.39, 0.29) is 11.1 Å². The Balaban J connectivity index is 1.32. The lowest BCUT2D eigenvalue weighted by molar-refractivity contribution is -0.115. The number of nitrogen functional groups attached to an aromatic ring is 1. The van der Waals surface area contributed by atoms with Crippen LogP contribution in [0.3, 0.4) is 0 Å². The Morgan fingerprint density at radius 1 is 1.09 bits per heavy atom. The van der Waals surface area contributed by atoms with E-state index in [2.05, 4.69) is 15.3 Å². The summed E-state index contributed by atoms with van der Waals surface area (Å²) in [5, 5.41) is 1.88. The molecule has 0 radical (unpaired) electrons. The van der Waals surface area contributed by atoms with Crippen LogP contribution >= 0.6 is 11.8 Å². The number of anilines is 2. The number of thioether (sulfide) groups is 1. The van der Waals surface area contributed by atoms with Crippen LogP contribution in [-0.4, -0.2) is 41.3 Å². The molecule has 4 rings (SSSR count). The van der Waals surface area contributed by atoms with E-state index in [1.165, 1.54) is 0 Å². The first-order valence-electron chi connectivity index (χ1n) is 9.86. The number of likely N-dealkylation sites (N-methyl/N-ethyl adjacent to an activating group) is 1. The van der Waals surface area contributed by atoms with E-state index in [0.29, 0.717) is 35.4 Å². The van der Waals surface area contributed by atoms with Crippen molar-refractivity contribution >= 4 is 40.6 Å². The lowest BCUT2D eigenvalue weighted by Gasteiger charge is -2.18. The molecular formula is C23H21N5O3S. The third-order valence-electron chi connectivity index (χ3n) is 4.71. The molecule has 2 heterocycles. The maximum Gasteiger partial charge on any atom is 0.290 e. The van der Waals surface area contributed by atoms with Gasteiger partial charge in [-0.15, -0.1) is 0 Å². The summed E-state index contributed by atoms with van der Waals surface area (Å²) in [7, 11) is 1.91.